The van der Waals surface area contributed by atoms with Crippen molar-refractivity contribution in [2.75, 3.05) is 0 Å². The average molecular weight is 349 g/mol. The predicted molar refractivity (Wildman–Crippen MR) is 98.5 cm³/mol. The van der Waals surface area contributed by atoms with Gasteiger partial charge in [-0.05, 0) is 19.1 Å². The smallest absolute Gasteiger partial charge is 0.258 e. The van der Waals surface area contributed by atoms with E-state index in [-0.39, 0.29) is 10.8 Å². The summed E-state index contributed by atoms with van der Waals surface area (Å²) < 4.78 is 0. The molecule has 2 aromatic carbocycles. The quantitative estimate of drug-likeness (QED) is 0.550. The predicted octanol–water partition coefficient (Wildman–Crippen LogP) is 3.56. The Morgan fingerprint density at radius 2 is 1.76 bits per heavy atom. The second kappa shape index (κ2) is 6.52. The molecule has 0 aliphatic rings. The van der Waals surface area contributed by atoms with Gasteiger partial charge in [-0.25, -0.2) is 9.97 Å². The van der Waals surface area contributed by atoms with Crippen LogP contribution in [0.2, 0.25) is 0 Å². The lowest BCUT2D eigenvalue weighted by Gasteiger charge is -2.08. The van der Waals surface area contributed by atoms with E-state index in [2.05, 4.69) is 25.1 Å². The second-order valence-corrected chi connectivity index (χ2v) is 6.87. The van der Waals surface area contributed by atoms with Crippen molar-refractivity contribution >= 4 is 22.7 Å². The Hall–Kier alpha value is -2.93. The first-order valence-electron chi connectivity index (χ1n) is 7.84. The maximum absolute atomic E-state index is 12.2. The molecule has 2 aromatic heterocycles. The number of H-pyrrole nitrogens is 2. The van der Waals surface area contributed by atoms with Gasteiger partial charge in [0.25, 0.3) is 5.56 Å². The second-order valence-electron chi connectivity index (χ2n) is 5.56. The highest BCUT2D eigenvalue weighted by molar-refractivity contribution is 7.99. The van der Waals surface area contributed by atoms with Crippen molar-refractivity contribution in [3.63, 3.8) is 0 Å². The van der Waals surface area contributed by atoms with E-state index in [9.17, 15) is 4.79 Å². The Kier molecular flexibility index (Phi) is 4.07. The van der Waals surface area contributed by atoms with Crippen LogP contribution in [0.15, 0.2) is 64.5 Å². The van der Waals surface area contributed by atoms with Gasteiger partial charge in [0.05, 0.1) is 16.2 Å². The van der Waals surface area contributed by atoms with E-state index >= 15 is 0 Å². The van der Waals surface area contributed by atoms with E-state index < -0.39 is 0 Å². The normalized spacial score (nSPS) is 12.4. The minimum Gasteiger partial charge on any atom is -0.309 e. The van der Waals surface area contributed by atoms with Crippen molar-refractivity contribution in [3.05, 3.63) is 70.8 Å². The molecule has 0 aliphatic carbocycles. The van der Waals surface area contributed by atoms with E-state index in [1.54, 1.807) is 6.07 Å². The average Bonchev–Trinajstić information content (AvgIpc) is 3.11. The molecule has 0 radical (unpaired) electrons. The fourth-order valence-corrected chi connectivity index (χ4v) is 3.32. The SMILES string of the molecule is CC(Sc1n[nH]c(-c2ccccc2)n1)c1nc2ccccc2c(=O)[nH]1. The van der Waals surface area contributed by atoms with E-state index in [0.29, 0.717) is 21.9 Å². The zero-order chi connectivity index (χ0) is 17.2. The molecule has 0 saturated carbocycles. The standard InChI is InChI=1S/C18H15N5OS/c1-11(15-19-14-10-6-5-9-13(14)17(24)20-15)25-18-21-16(22-23-18)12-7-3-2-4-8-12/h2-11H,1H3,(H,19,20,24)(H,21,22,23). The zero-order valence-corrected chi connectivity index (χ0v) is 14.2. The van der Waals surface area contributed by atoms with Gasteiger partial charge in [0.1, 0.15) is 5.82 Å². The van der Waals surface area contributed by atoms with Crippen molar-refractivity contribution in [1.82, 2.24) is 25.1 Å². The lowest BCUT2D eigenvalue weighted by Crippen LogP contribution is -2.12. The van der Waals surface area contributed by atoms with Gasteiger partial charge in [0.15, 0.2) is 5.82 Å². The Morgan fingerprint density at radius 1 is 1.00 bits per heavy atom. The highest BCUT2D eigenvalue weighted by Gasteiger charge is 2.15. The van der Waals surface area contributed by atoms with Crippen molar-refractivity contribution in [3.8, 4) is 11.4 Å². The number of rotatable bonds is 4. The van der Waals surface area contributed by atoms with Crippen molar-refractivity contribution in [2.24, 2.45) is 0 Å². The van der Waals surface area contributed by atoms with Crippen LogP contribution in [0.3, 0.4) is 0 Å². The van der Waals surface area contributed by atoms with Crippen LogP contribution in [0.25, 0.3) is 22.3 Å². The summed E-state index contributed by atoms with van der Waals surface area (Å²) in [5.41, 5.74) is 1.54. The monoisotopic (exact) mass is 349 g/mol. The number of hydrogen-bond acceptors (Lipinski definition) is 5. The van der Waals surface area contributed by atoms with Crippen LogP contribution in [0.5, 0.6) is 0 Å². The summed E-state index contributed by atoms with van der Waals surface area (Å²) in [4.78, 5) is 24.1. The number of benzene rings is 2. The first kappa shape index (κ1) is 15.6. The van der Waals surface area contributed by atoms with Gasteiger partial charge < -0.3 is 4.98 Å². The van der Waals surface area contributed by atoms with Gasteiger partial charge in [-0.1, -0.05) is 54.2 Å². The van der Waals surface area contributed by atoms with E-state index in [0.717, 1.165) is 11.4 Å². The first-order chi connectivity index (χ1) is 12.2. The van der Waals surface area contributed by atoms with Crippen LogP contribution in [0.1, 0.15) is 18.0 Å². The summed E-state index contributed by atoms with van der Waals surface area (Å²) in [6, 6.07) is 17.1. The van der Waals surface area contributed by atoms with Gasteiger partial charge >= 0.3 is 0 Å². The minimum atomic E-state index is -0.131. The van der Waals surface area contributed by atoms with E-state index in [1.165, 1.54) is 11.8 Å². The number of nitrogens with zero attached hydrogens (tertiary/aromatic N) is 3. The lowest BCUT2D eigenvalue weighted by atomic mass is 10.2. The minimum absolute atomic E-state index is 0.0864. The Balaban J connectivity index is 1.59. The molecule has 25 heavy (non-hydrogen) atoms. The highest BCUT2D eigenvalue weighted by Crippen LogP contribution is 2.31. The molecule has 2 N–H and O–H groups in total. The third kappa shape index (κ3) is 3.18. The number of aromatic nitrogens is 5. The third-order valence-corrected chi connectivity index (χ3v) is 4.78. The van der Waals surface area contributed by atoms with Gasteiger partial charge in [-0.15, -0.1) is 5.10 Å². The van der Waals surface area contributed by atoms with Crippen LogP contribution in [-0.4, -0.2) is 25.1 Å². The first-order valence-corrected chi connectivity index (χ1v) is 8.72. The molecule has 1 unspecified atom stereocenters. The topological polar surface area (TPSA) is 87.3 Å². The van der Waals surface area contributed by atoms with E-state index in [1.807, 2.05) is 55.5 Å². The number of aromatic amines is 2. The molecule has 7 heteroatoms. The van der Waals surface area contributed by atoms with Gasteiger partial charge in [-0.2, -0.15) is 0 Å². The number of nitrogens with one attached hydrogen (secondary N) is 2. The summed E-state index contributed by atoms with van der Waals surface area (Å²) >= 11 is 1.44. The summed E-state index contributed by atoms with van der Waals surface area (Å²) in [6.45, 7) is 1.97. The lowest BCUT2D eigenvalue weighted by molar-refractivity contribution is 0.904. The number of hydrogen-bond donors (Lipinski definition) is 2. The fourth-order valence-electron chi connectivity index (χ4n) is 2.54. The molecule has 0 amide bonds. The molecule has 2 heterocycles. The van der Waals surface area contributed by atoms with Crippen molar-refractivity contribution in [2.45, 2.75) is 17.3 Å². The van der Waals surface area contributed by atoms with Crippen LogP contribution in [-0.2, 0) is 0 Å². The molecule has 0 aliphatic heterocycles. The number of para-hydroxylation sites is 1. The maximum Gasteiger partial charge on any atom is 0.258 e. The highest BCUT2D eigenvalue weighted by atomic mass is 32.2. The van der Waals surface area contributed by atoms with Crippen molar-refractivity contribution in [1.29, 1.82) is 0 Å². The van der Waals surface area contributed by atoms with Crippen LogP contribution < -0.4 is 5.56 Å². The molecule has 0 bridgehead atoms. The Bertz CT molecular complexity index is 1070. The molecule has 4 aromatic rings. The van der Waals surface area contributed by atoms with Crippen LogP contribution in [0, 0.1) is 0 Å². The van der Waals surface area contributed by atoms with Gasteiger partial charge in [0.2, 0.25) is 5.16 Å². The molecule has 124 valence electrons. The summed E-state index contributed by atoms with van der Waals surface area (Å²) in [6.07, 6.45) is 0. The third-order valence-electron chi connectivity index (χ3n) is 3.81. The Labute approximate surface area is 147 Å². The molecule has 0 spiro atoms. The maximum atomic E-state index is 12.2. The van der Waals surface area contributed by atoms with E-state index in [4.69, 9.17) is 0 Å². The van der Waals surface area contributed by atoms with Crippen molar-refractivity contribution < 1.29 is 0 Å². The molecular weight excluding hydrogens is 334 g/mol. The van der Waals surface area contributed by atoms with Crippen LogP contribution in [0.4, 0.5) is 0 Å². The summed E-state index contributed by atoms with van der Waals surface area (Å²) in [7, 11) is 0. The number of thioether (sulfide) groups is 1. The van der Waals surface area contributed by atoms with Gasteiger partial charge in [0, 0.05) is 5.56 Å². The largest absolute Gasteiger partial charge is 0.309 e. The molecule has 6 nitrogen and oxygen atoms in total. The molecule has 1 atom stereocenters. The molecule has 0 fully saturated rings. The summed E-state index contributed by atoms with van der Waals surface area (Å²) in [5, 5.41) is 8.31. The molecule has 4 rings (SSSR count). The van der Waals surface area contributed by atoms with Crippen LogP contribution >= 0.6 is 11.8 Å². The zero-order valence-electron chi connectivity index (χ0n) is 13.4. The fraction of sp³-hybridized carbons (Fsp3) is 0.111. The molecular formula is C18H15N5OS. The number of fused-ring (bicyclic) bond motifs is 1. The Morgan fingerprint density at radius 3 is 2.60 bits per heavy atom. The van der Waals surface area contributed by atoms with Gasteiger partial charge in [-0.3, -0.25) is 9.89 Å². The molecule has 0 saturated heterocycles. The summed E-state index contributed by atoms with van der Waals surface area (Å²) in [5.74, 6) is 1.33.